The molecule has 33 heavy (non-hydrogen) atoms. The first-order valence-electron chi connectivity index (χ1n) is 10.8. The van der Waals surface area contributed by atoms with E-state index in [1.165, 1.54) is 0 Å². The van der Waals surface area contributed by atoms with E-state index in [0.29, 0.717) is 30.4 Å². The molecule has 1 unspecified atom stereocenters. The van der Waals surface area contributed by atoms with Gasteiger partial charge in [-0.15, -0.1) is 0 Å². The summed E-state index contributed by atoms with van der Waals surface area (Å²) in [5, 5.41) is 2.99. The third-order valence-corrected chi connectivity index (χ3v) is 5.20. The van der Waals surface area contributed by atoms with Crippen molar-refractivity contribution in [3.63, 3.8) is 0 Å². The number of carbonyl (C=O) groups excluding carboxylic acids is 1. The monoisotopic (exact) mass is 445 g/mol. The molecule has 1 amide bonds. The highest BCUT2D eigenvalue weighted by molar-refractivity contribution is 5.79. The van der Waals surface area contributed by atoms with Crippen molar-refractivity contribution in [2.45, 2.75) is 19.5 Å². The van der Waals surface area contributed by atoms with Crippen molar-refractivity contribution in [1.29, 1.82) is 0 Å². The summed E-state index contributed by atoms with van der Waals surface area (Å²) < 4.78 is 19.0. The Bertz CT molecular complexity index is 1210. The molecule has 1 aromatic heterocycles. The number of benzene rings is 3. The number of amides is 1. The highest BCUT2D eigenvalue weighted by atomic mass is 16.5. The number of nitrogens with zero attached hydrogens (tertiary/aromatic N) is 2. The molecule has 4 rings (SSSR count). The molecular formula is C26H27N3O4. The summed E-state index contributed by atoms with van der Waals surface area (Å²) in [5.74, 6) is 2.57. The smallest absolute Gasteiger partial charge is 0.258 e. The topological polar surface area (TPSA) is 74.6 Å². The molecule has 0 fully saturated rings. The minimum Gasteiger partial charge on any atom is -0.493 e. The van der Waals surface area contributed by atoms with Gasteiger partial charge in [-0.2, -0.15) is 0 Å². The summed E-state index contributed by atoms with van der Waals surface area (Å²) in [6.45, 7) is 2.84. The first-order valence-corrected chi connectivity index (χ1v) is 10.8. The second-order valence-electron chi connectivity index (χ2n) is 7.50. The van der Waals surface area contributed by atoms with Crippen LogP contribution in [0.3, 0.4) is 0 Å². The third-order valence-electron chi connectivity index (χ3n) is 5.20. The highest BCUT2D eigenvalue weighted by Gasteiger charge is 2.19. The Hall–Kier alpha value is -4.00. The van der Waals surface area contributed by atoms with Crippen molar-refractivity contribution >= 4 is 16.9 Å². The lowest BCUT2D eigenvalue weighted by molar-refractivity contribution is -0.123. The second-order valence-corrected chi connectivity index (χ2v) is 7.50. The van der Waals surface area contributed by atoms with Crippen LogP contribution in [0.5, 0.6) is 17.2 Å². The van der Waals surface area contributed by atoms with Gasteiger partial charge in [-0.25, -0.2) is 4.98 Å². The number of imidazole rings is 1. The summed E-state index contributed by atoms with van der Waals surface area (Å²) in [4.78, 5) is 17.3. The summed E-state index contributed by atoms with van der Waals surface area (Å²) in [7, 11) is 1.62. The van der Waals surface area contributed by atoms with E-state index in [9.17, 15) is 4.79 Å². The first kappa shape index (κ1) is 22.2. The van der Waals surface area contributed by atoms with Crippen molar-refractivity contribution in [1.82, 2.24) is 14.9 Å². The van der Waals surface area contributed by atoms with Crippen LogP contribution in [-0.2, 0) is 11.3 Å². The molecule has 0 saturated carbocycles. The molecule has 0 saturated heterocycles. The van der Waals surface area contributed by atoms with Gasteiger partial charge < -0.3 is 24.1 Å². The highest BCUT2D eigenvalue weighted by Crippen LogP contribution is 2.26. The Balaban J connectivity index is 1.45. The van der Waals surface area contributed by atoms with Crippen LogP contribution >= 0.6 is 0 Å². The van der Waals surface area contributed by atoms with Crippen LogP contribution in [-0.4, -0.2) is 35.8 Å². The van der Waals surface area contributed by atoms with E-state index in [-0.39, 0.29) is 18.6 Å². The van der Waals surface area contributed by atoms with Gasteiger partial charge in [-0.1, -0.05) is 42.5 Å². The number of methoxy groups -OCH3 is 1. The van der Waals surface area contributed by atoms with Crippen LogP contribution < -0.4 is 19.5 Å². The summed E-state index contributed by atoms with van der Waals surface area (Å²) in [6, 6.07) is 24.4. The number of hydrogen-bond donors (Lipinski definition) is 1. The molecule has 0 bridgehead atoms. The molecule has 170 valence electrons. The Labute approximate surface area is 192 Å². The van der Waals surface area contributed by atoms with Crippen molar-refractivity contribution < 1.29 is 19.0 Å². The zero-order valence-corrected chi connectivity index (χ0v) is 18.7. The van der Waals surface area contributed by atoms with Gasteiger partial charge in [0.15, 0.2) is 18.1 Å². The molecule has 0 aliphatic carbocycles. The van der Waals surface area contributed by atoms with E-state index in [2.05, 4.69) is 9.88 Å². The predicted molar refractivity (Wildman–Crippen MR) is 127 cm³/mol. The average Bonchev–Trinajstić information content (AvgIpc) is 3.22. The normalized spacial score (nSPS) is 11.7. The van der Waals surface area contributed by atoms with Gasteiger partial charge in [-0.3, -0.25) is 4.79 Å². The molecule has 0 spiro atoms. The van der Waals surface area contributed by atoms with Crippen LogP contribution in [0.2, 0.25) is 0 Å². The van der Waals surface area contributed by atoms with Gasteiger partial charge in [0.05, 0.1) is 30.7 Å². The van der Waals surface area contributed by atoms with Crippen LogP contribution in [0.1, 0.15) is 18.8 Å². The first-order chi connectivity index (χ1) is 16.2. The lowest BCUT2D eigenvalue weighted by atomic mass is 10.3. The van der Waals surface area contributed by atoms with E-state index in [1.807, 2.05) is 85.8 Å². The molecule has 4 aromatic rings. The van der Waals surface area contributed by atoms with E-state index in [1.54, 1.807) is 7.11 Å². The number of carbonyl (C=O) groups is 1. The molecular weight excluding hydrogens is 418 g/mol. The summed E-state index contributed by atoms with van der Waals surface area (Å²) >= 11 is 0. The molecule has 0 radical (unpaired) electrons. The molecule has 3 aromatic carbocycles. The summed E-state index contributed by atoms with van der Waals surface area (Å²) in [6.07, 6.45) is 0. The predicted octanol–water partition coefficient (Wildman–Crippen LogP) is 4.38. The van der Waals surface area contributed by atoms with Crippen LogP contribution in [0, 0.1) is 0 Å². The molecule has 1 N–H and O–H groups in total. The van der Waals surface area contributed by atoms with Crippen molar-refractivity contribution in [2.75, 3.05) is 20.3 Å². The molecule has 7 nitrogen and oxygen atoms in total. The minimum atomic E-state index is -0.310. The van der Waals surface area contributed by atoms with Gasteiger partial charge in [0, 0.05) is 0 Å². The number of fused-ring (bicyclic) bond motifs is 1. The number of ether oxygens (including phenoxy) is 3. The second kappa shape index (κ2) is 10.5. The fourth-order valence-electron chi connectivity index (χ4n) is 3.66. The zero-order valence-electron chi connectivity index (χ0n) is 18.7. The van der Waals surface area contributed by atoms with Crippen molar-refractivity contribution in [3.8, 4) is 17.2 Å². The van der Waals surface area contributed by atoms with Gasteiger partial charge >= 0.3 is 0 Å². The number of rotatable bonds is 10. The Morgan fingerprint density at radius 1 is 0.939 bits per heavy atom. The van der Waals surface area contributed by atoms with E-state index < -0.39 is 0 Å². The van der Waals surface area contributed by atoms with E-state index >= 15 is 0 Å². The fraction of sp³-hybridized carbons (Fsp3) is 0.231. The number of aromatic nitrogens is 2. The molecule has 1 heterocycles. The maximum atomic E-state index is 12.5. The minimum absolute atomic E-state index is 0.0640. The lowest BCUT2D eigenvalue weighted by Gasteiger charge is -2.17. The largest absolute Gasteiger partial charge is 0.493 e. The van der Waals surface area contributed by atoms with Crippen molar-refractivity contribution in [3.05, 3.63) is 84.7 Å². The van der Waals surface area contributed by atoms with Gasteiger partial charge in [0.25, 0.3) is 5.91 Å². The quantitative estimate of drug-likeness (QED) is 0.392. The lowest BCUT2D eigenvalue weighted by Crippen LogP contribution is -2.33. The Morgan fingerprint density at radius 2 is 1.64 bits per heavy atom. The SMILES string of the molecule is COc1ccccc1OCCn1c(C(C)NC(=O)COc2ccccc2)nc2ccccc21. The standard InChI is InChI=1S/C26H27N3O4/c1-19(27-25(30)18-33-20-10-4-3-5-11-20)26-28-21-12-6-7-13-22(21)29(26)16-17-32-24-15-9-8-14-23(24)31-2/h3-15,19H,16-18H2,1-2H3,(H,27,30). The van der Waals surface area contributed by atoms with Gasteiger partial charge in [-0.05, 0) is 43.3 Å². The Morgan fingerprint density at radius 3 is 2.42 bits per heavy atom. The maximum absolute atomic E-state index is 12.5. The van der Waals surface area contributed by atoms with Gasteiger partial charge in [0.2, 0.25) is 0 Å². The van der Waals surface area contributed by atoms with Crippen LogP contribution in [0.15, 0.2) is 78.9 Å². The van der Waals surface area contributed by atoms with Crippen molar-refractivity contribution in [2.24, 2.45) is 0 Å². The third kappa shape index (κ3) is 5.44. The molecule has 7 heteroatoms. The van der Waals surface area contributed by atoms with E-state index in [0.717, 1.165) is 16.9 Å². The van der Waals surface area contributed by atoms with Crippen LogP contribution in [0.25, 0.3) is 11.0 Å². The number of nitrogens with one attached hydrogen (secondary N) is 1. The fourth-order valence-corrected chi connectivity index (χ4v) is 3.66. The summed E-state index contributed by atoms with van der Waals surface area (Å²) in [5.41, 5.74) is 1.85. The zero-order chi connectivity index (χ0) is 23.0. The maximum Gasteiger partial charge on any atom is 0.258 e. The molecule has 1 atom stereocenters. The molecule has 0 aliphatic heterocycles. The Kier molecular flexibility index (Phi) is 7.09. The molecule has 0 aliphatic rings. The number of para-hydroxylation sites is 5. The van der Waals surface area contributed by atoms with Crippen LogP contribution in [0.4, 0.5) is 0 Å². The van der Waals surface area contributed by atoms with E-state index in [4.69, 9.17) is 19.2 Å². The number of hydrogen-bond acceptors (Lipinski definition) is 5. The van der Waals surface area contributed by atoms with Gasteiger partial charge in [0.1, 0.15) is 18.2 Å². The average molecular weight is 446 g/mol.